The minimum absolute atomic E-state index is 0.00244. The van der Waals surface area contributed by atoms with Crippen LogP contribution in [0.2, 0.25) is 0 Å². The number of carbonyl (C=O) groups is 1. The van der Waals surface area contributed by atoms with E-state index < -0.39 is 5.84 Å². The summed E-state index contributed by atoms with van der Waals surface area (Å²) in [7, 11) is 0. The SMILES string of the molecule is CC(=O)c1ccc(OCc2ccccc2)c(N/N=C(\C#N)C(=N)N)c1O. The lowest BCUT2D eigenvalue weighted by Crippen LogP contribution is -2.22. The first-order valence-corrected chi connectivity index (χ1v) is 7.55. The van der Waals surface area contributed by atoms with E-state index in [9.17, 15) is 9.90 Å². The predicted molar refractivity (Wildman–Crippen MR) is 97.5 cm³/mol. The van der Waals surface area contributed by atoms with Gasteiger partial charge in [-0.15, -0.1) is 0 Å². The summed E-state index contributed by atoms with van der Waals surface area (Å²) in [6.07, 6.45) is 0. The summed E-state index contributed by atoms with van der Waals surface area (Å²) >= 11 is 0. The van der Waals surface area contributed by atoms with Crippen molar-refractivity contribution in [2.24, 2.45) is 10.8 Å². The van der Waals surface area contributed by atoms with Gasteiger partial charge in [0.25, 0.3) is 0 Å². The molecule has 5 N–H and O–H groups in total. The molecule has 2 rings (SSSR count). The number of aromatic hydroxyl groups is 1. The van der Waals surface area contributed by atoms with E-state index in [1.165, 1.54) is 19.1 Å². The Bertz CT molecular complexity index is 901. The van der Waals surface area contributed by atoms with E-state index in [-0.39, 0.29) is 40.9 Å². The van der Waals surface area contributed by atoms with Gasteiger partial charge in [-0.25, -0.2) is 0 Å². The molecule has 0 fully saturated rings. The fourth-order valence-electron chi connectivity index (χ4n) is 2.08. The maximum absolute atomic E-state index is 11.6. The number of ketones is 1. The Morgan fingerprint density at radius 3 is 2.62 bits per heavy atom. The van der Waals surface area contributed by atoms with Crippen molar-refractivity contribution < 1.29 is 14.6 Å². The third kappa shape index (κ3) is 4.36. The van der Waals surface area contributed by atoms with Crippen LogP contribution in [-0.4, -0.2) is 22.4 Å². The number of nitrogens with zero attached hydrogens (tertiary/aromatic N) is 2. The number of nitrogens with two attached hydrogens (primary N) is 1. The van der Waals surface area contributed by atoms with Gasteiger partial charge in [0, 0.05) is 0 Å². The summed E-state index contributed by atoms with van der Waals surface area (Å²) in [4.78, 5) is 11.6. The van der Waals surface area contributed by atoms with Crippen LogP contribution in [0.1, 0.15) is 22.8 Å². The molecule has 132 valence electrons. The molecular weight excluding hydrogens is 334 g/mol. The number of Topliss-reactive ketones (excluding diaryl/α,β-unsaturated/α-hetero) is 1. The zero-order chi connectivity index (χ0) is 19.1. The predicted octanol–water partition coefficient (Wildman–Crippen LogP) is 2.40. The van der Waals surface area contributed by atoms with Crippen LogP contribution in [0.15, 0.2) is 47.6 Å². The van der Waals surface area contributed by atoms with Gasteiger partial charge in [-0.1, -0.05) is 30.3 Å². The highest BCUT2D eigenvalue weighted by molar-refractivity contribution is 6.45. The smallest absolute Gasteiger partial charge is 0.201 e. The summed E-state index contributed by atoms with van der Waals surface area (Å²) in [5, 5.41) is 30.2. The number of amidine groups is 1. The fraction of sp³-hybridized carbons (Fsp3) is 0.111. The third-order valence-corrected chi connectivity index (χ3v) is 3.40. The number of hydrogen-bond acceptors (Lipinski definition) is 7. The van der Waals surface area contributed by atoms with Crippen molar-refractivity contribution in [2.75, 3.05) is 5.43 Å². The van der Waals surface area contributed by atoms with Crippen LogP contribution in [0.5, 0.6) is 11.5 Å². The molecule has 0 atom stereocenters. The molecule has 0 amide bonds. The number of carbonyl (C=O) groups excluding carboxylic acids is 1. The van der Waals surface area contributed by atoms with E-state index in [2.05, 4.69) is 10.5 Å². The number of benzene rings is 2. The summed E-state index contributed by atoms with van der Waals surface area (Å²) < 4.78 is 5.69. The maximum atomic E-state index is 11.6. The Kier molecular flexibility index (Phi) is 5.90. The first-order valence-electron chi connectivity index (χ1n) is 7.55. The van der Waals surface area contributed by atoms with E-state index in [1.54, 1.807) is 6.07 Å². The Morgan fingerprint density at radius 1 is 1.35 bits per heavy atom. The number of anilines is 1. The minimum Gasteiger partial charge on any atom is -0.505 e. The number of nitrogens with one attached hydrogen (secondary N) is 2. The minimum atomic E-state index is -0.533. The van der Waals surface area contributed by atoms with Crippen LogP contribution < -0.4 is 15.9 Å². The quantitative estimate of drug-likeness (QED) is 0.198. The van der Waals surface area contributed by atoms with E-state index >= 15 is 0 Å². The van der Waals surface area contributed by atoms with Crippen molar-refractivity contribution in [1.82, 2.24) is 0 Å². The second-order valence-corrected chi connectivity index (χ2v) is 5.26. The normalized spacial score (nSPS) is 10.7. The number of hydrazone groups is 1. The molecule has 8 heteroatoms. The topological polar surface area (TPSA) is 145 Å². The molecule has 8 nitrogen and oxygen atoms in total. The Morgan fingerprint density at radius 2 is 2.04 bits per heavy atom. The van der Waals surface area contributed by atoms with Crippen LogP contribution in [0.25, 0.3) is 0 Å². The molecule has 0 spiro atoms. The van der Waals surface area contributed by atoms with E-state index in [0.717, 1.165) is 5.56 Å². The van der Waals surface area contributed by atoms with Crippen LogP contribution in [0, 0.1) is 16.7 Å². The van der Waals surface area contributed by atoms with Gasteiger partial charge in [-0.05, 0) is 24.6 Å². The fourth-order valence-corrected chi connectivity index (χ4v) is 2.08. The number of phenolic OH excluding ortho intramolecular Hbond substituents is 1. The highest BCUT2D eigenvalue weighted by Gasteiger charge is 2.17. The Hall–Kier alpha value is -3.86. The van der Waals surface area contributed by atoms with Gasteiger partial charge < -0.3 is 15.6 Å². The number of rotatable bonds is 7. The average Bonchev–Trinajstić information content (AvgIpc) is 2.62. The molecule has 0 saturated carbocycles. The van der Waals surface area contributed by atoms with Crippen LogP contribution in [-0.2, 0) is 6.61 Å². The highest BCUT2D eigenvalue weighted by atomic mass is 16.5. The van der Waals surface area contributed by atoms with Gasteiger partial charge >= 0.3 is 0 Å². The summed E-state index contributed by atoms with van der Waals surface area (Å²) in [5.41, 5.74) is 8.31. The molecule has 2 aromatic rings. The molecule has 0 saturated heterocycles. The first-order chi connectivity index (χ1) is 12.4. The lowest BCUT2D eigenvalue weighted by atomic mass is 10.1. The molecule has 0 heterocycles. The molecule has 26 heavy (non-hydrogen) atoms. The number of nitriles is 1. The monoisotopic (exact) mass is 351 g/mol. The first kappa shape index (κ1) is 18.5. The molecular formula is C18H17N5O3. The van der Waals surface area contributed by atoms with Crippen molar-refractivity contribution in [3.8, 4) is 17.6 Å². The van der Waals surface area contributed by atoms with Crippen molar-refractivity contribution in [1.29, 1.82) is 10.7 Å². The molecule has 0 aliphatic heterocycles. The molecule has 0 aliphatic rings. The molecule has 2 aromatic carbocycles. The summed E-state index contributed by atoms with van der Waals surface area (Å²) in [5.74, 6) is -1.03. The lowest BCUT2D eigenvalue weighted by molar-refractivity contribution is 0.101. The molecule has 0 unspecified atom stereocenters. The van der Waals surface area contributed by atoms with Gasteiger partial charge in [0.2, 0.25) is 5.71 Å². The van der Waals surface area contributed by atoms with E-state index in [0.29, 0.717) is 0 Å². The van der Waals surface area contributed by atoms with E-state index in [1.807, 2.05) is 30.3 Å². The van der Waals surface area contributed by atoms with Crippen LogP contribution in [0.4, 0.5) is 5.69 Å². The van der Waals surface area contributed by atoms with Crippen molar-refractivity contribution in [2.45, 2.75) is 13.5 Å². The zero-order valence-corrected chi connectivity index (χ0v) is 14.0. The van der Waals surface area contributed by atoms with Crippen LogP contribution >= 0.6 is 0 Å². The summed E-state index contributed by atoms with van der Waals surface area (Å²) in [6, 6.07) is 14.0. The lowest BCUT2D eigenvalue weighted by Gasteiger charge is -2.14. The number of ether oxygens (including phenoxy) is 1. The van der Waals surface area contributed by atoms with Gasteiger partial charge in [0.15, 0.2) is 17.4 Å². The molecule has 0 radical (unpaired) electrons. The van der Waals surface area contributed by atoms with Gasteiger partial charge in [0.1, 0.15) is 24.1 Å². The van der Waals surface area contributed by atoms with Crippen LogP contribution in [0.3, 0.4) is 0 Å². The van der Waals surface area contributed by atoms with Crippen molar-refractivity contribution >= 4 is 23.0 Å². The molecule has 0 aliphatic carbocycles. The second kappa shape index (κ2) is 8.30. The van der Waals surface area contributed by atoms with Crippen molar-refractivity contribution in [3.05, 3.63) is 53.6 Å². The summed E-state index contributed by atoms with van der Waals surface area (Å²) in [6.45, 7) is 1.53. The standard InChI is InChI=1S/C18H17N5O3/c1-11(24)13-7-8-15(26-10-12-5-3-2-4-6-12)16(17(13)25)23-22-14(9-19)18(20)21/h2-8,23,25H,10H2,1H3,(H3,20,21)/b22-14+. The number of phenols is 1. The molecule has 0 bridgehead atoms. The Labute approximate surface area is 150 Å². The van der Waals surface area contributed by atoms with Crippen molar-refractivity contribution in [3.63, 3.8) is 0 Å². The van der Waals surface area contributed by atoms with E-state index in [4.69, 9.17) is 21.1 Å². The second-order valence-electron chi connectivity index (χ2n) is 5.26. The largest absolute Gasteiger partial charge is 0.505 e. The van der Waals surface area contributed by atoms with Gasteiger partial charge in [-0.2, -0.15) is 10.4 Å². The zero-order valence-electron chi connectivity index (χ0n) is 14.0. The number of hydrogen-bond donors (Lipinski definition) is 4. The maximum Gasteiger partial charge on any atom is 0.201 e. The average molecular weight is 351 g/mol. The Balaban J connectivity index is 2.37. The molecule has 0 aromatic heterocycles. The van der Waals surface area contributed by atoms with Gasteiger partial charge in [0.05, 0.1) is 5.56 Å². The third-order valence-electron chi connectivity index (χ3n) is 3.40. The van der Waals surface area contributed by atoms with Gasteiger partial charge in [-0.3, -0.25) is 15.6 Å². The highest BCUT2D eigenvalue weighted by Crippen LogP contribution is 2.37.